The Kier molecular flexibility index (Phi) is 6.86. The fraction of sp³-hybridized carbons (Fsp3) is 0.636. The van der Waals surface area contributed by atoms with Gasteiger partial charge in [0.2, 0.25) is 5.91 Å². The third-order valence-electron chi connectivity index (χ3n) is 5.88. The van der Waals surface area contributed by atoms with Crippen LogP contribution in [0.2, 0.25) is 5.02 Å². The van der Waals surface area contributed by atoms with Crippen molar-refractivity contribution in [3.8, 4) is 5.75 Å². The highest BCUT2D eigenvalue weighted by Crippen LogP contribution is 2.32. The molecule has 154 valence electrons. The molecule has 0 atom stereocenters. The first-order chi connectivity index (χ1) is 13.4. The highest BCUT2D eigenvalue weighted by atomic mass is 35.5. The molecule has 0 N–H and O–H groups in total. The molecule has 2 amide bonds. The van der Waals surface area contributed by atoms with E-state index >= 15 is 0 Å². The molecular weight excluding hydrogens is 376 g/mol. The zero-order valence-electron chi connectivity index (χ0n) is 17.2. The lowest BCUT2D eigenvalue weighted by molar-refractivity contribution is -0.140. The van der Waals surface area contributed by atoms with Crippen LogP contribution in [0.25, 0.3) is 0 Å². The van der Waals surface area contributed by atoms with E-state index in [1.54, 1.807) is 0 Å². The summed E-state index contributed by atoms with van der Waals surface area (Å²) in [5, 5.41) is 0.715. The second-order valence-electron chi connectivity index (χ2n) is 8.27. The molecule has 1 aromatic rings. The molecule has 0 spiro atoms. The summed E-state index contributed by atoms with van der Waals surface area (Å²) < 4.78 is 5.88. The summed E-state index contributed by atoms with van der Waals surface area (Å²) in [7, 11) is 0. The standard InChI is InChI=1S/C22H31ClN2O3/c1-15(2)18-13-19(23)16(3)12-20(18)28-14-21(26)24-10-6-17(7-11-24)22(27)25-8-4-5-9-25/h12-13,15,17H,4-11,14H2,1-3H3. The van der Waals surface area contributed by atoms with E-state index in [1.165, 1.54) is 0 Å². The van der Waals surface area contributed by atoms with Crippen molar-refractivity contribution in [2.75, 3.05) is 32.8 Å². The van der Waals surface area contributed by atoms with Gasteiger partial charge in [-0.3, -0.25) is 9.59 Å². The van der Waals surface area contributed by atoms with Crippen molar-refractivity contribution < 1.29 is 14.3 Å². The molecule has 5 nitrogen and oxygen atoms in total. The molecule has 0 aliphatic carbocycles. The molecule has 0 unspecified atom stereocenters. The van der Waals surface area contributed by atoms with Gasteiger partial charge in [-0.05, 0) is 61.8 Å². The lowest BCUT2D eigenvalue weighted by atomic mass is 9.95. The molecule has 6 heteroatoms. The van der Waals surface area contributed by atoms with Gasteiger partial charge < -0.3 is 14.5 Å². The van der Waals surface area contributed by atoms with Crippen LogP contribution in [0.5, 0.6) is 5.75 Å². The number of ether oxygens (including phenoxy) is 1. The predicted molar refractivity (Wildman–Crippen MR) is 111 cm³/mol. The summed E-state index contributed by atoms with van der Waals surface area (Å²) >= 11 is 6.24. The van der Waals surface area contributed by atoms with E-state index < -0.39 is 0 Å². The third kappa shape index (κ3) is 4.80. The number of benzene rings is 1. The maximum Gasteiger partial charge on any atom is 0.260 e. The Hall–Kier alpha value is -1.75. The van der Waals surface area contributed by atoms with Gasteiger partial charge in [0.25, 0.3) is 5.91 Å². The first-order valence-electron chi connectivity index (χ1n) is 10.4. The van der Waals surface area contributed by atoms with Gasteiger partial charge in [0.05, 0.1) is 0 Å². The van der Waals surface area contributed by atoms with Crippen molar-refractivity contribution in [1.82, 2.24) is 9.80 Å². The summed E-state index contributed by atoms with van der Waals surface area (Å²) in [5.41, 5.74) is 1.95. The lowest BCUT2D eigenvalue weighted by Gasteiger charge is -2.33. The minimum absolute atomic E-state index is 0.0191. The van der Waals surface area contributed by atoms with Gasteiger partial charge in [-0.25, -0.2) is 0 Å². The fourth-order valence-corrected chi connectivity index (χ4v) is 4.22. The average Bonchev–Trinajstić information content (AvgIpc) is 3.22. The zero-order chi connectivity index (χ0) is 20.3. The second-order valence-corrected chi connectivity index (χ2v) is 8.68. The monoisotopic (exact) mass is 406 g/mol. The minimum atomic E-state index is -0.0191. The van der Waals surface area contributed by atoms with E-state index in [0.29, 0.717) is 18.1 Å². The number of hydrogen-bond acceptors (Lipinski definition) is 3. The molecule has 0 aromatic heterocycles. The molecule has 3 rings (SSSR count). The summed E-state index contributed by atoms with van der Waals surface area (Å²) in [5.74, 6) is 1.31. The number of likely N-dealkylation sites (tertiary alicyclic amines) is 2. The van der Waals surface area contributed by atoms with Crippen LogP contribution in [-0.4, -0.2) is 54.4 Å². The molecule has 0 bridgehead atoms. The first kappa shape index (κ1) is 21.0. The number of rotatable bonds is 5. The van der Waals surface area contributed by atoms with Crippen molar-refractivity contribution in [2.45, 2.75) is 52.4 Å². The van der Waals surface area contributed by atoms with Gasteiger partial charge in [-0.1, -0.05) is 25.4 Å². The Balaban J connectivity index is 1.52. The Morgan fingerprint density at radius 1 is 1.11 bits per heavy atom. The van der Waals surface area contributed by atoms with Gasteiger partial charge in [0.1, 0.15) is 5.75 Å². The van der Waals surface area contributed by atoms with E-state index in [9.17, 15) is 9.59 Å². The third-order valence-corrected chi connectivity index (χ3v) is 6.29. The van der Waals surface area contributed by atoms with Crippen molar-refractivity contribution in [2.24, 2.45) is 5.92 Å². The molecule has 2 fully saturated rings. The SMILES string of the molecule is Cc1cc(OCC(=O)N2CCC(C(=O)N3CCCC3)CC2)c(C(C)C)cc1Cl. The van der Waals surface area contributed by atoms with Crippen molar-refractivity contribution in [3.05, 3.63) is 28.3 Å². The number of piperidine rings is 1. The van der Waals surface area contributed by atoms with E-state index in [0.717, 1.165) is 55.6 Å². The molecule has 1 aromatic carbocycles. The summed E-state index contributed by atoms with van der Waals surface area (Å²) in [6.07, 6.45) is 3.72. The van der Waals surface area contributed by atoms with Crippen LogP contribution in [0, 0.1) is 12.8 Å². The number of hydrogen-bond donors (Lipinski definition) is 0. The van der Waals surface area contributed by atoms with Crippen molar-refractivity contribution in [3.63, 3.8) is 0 Å². The highest BCUT2D eigenvalue weighted by Gasteiger charge is 2.31. The molecular formula is C22H31ClN2O3. The summed E-state index contributed by atoms with van der Waals surface area (Å²) in [6.45, 7) is 9.16. The molecule has 0 radical (unpaired) electrons. The molecule has 2 heterocycles. The largest absolute Gasteiger partial charge is 0.483 e. The van der Waals surface area contributed by atoms with E-state index in [2.05, 4.69) is 13.8 Å². The number of nitrogens with zero attached hydrogens (tertiary/aromatic N) is 2. The quantitative estimate of drug-likeness (QED) is 0.742. The van der Waals surface area contributed by atoms with Crippen LogP contribution in [-0.2, 0) is 9.59 Å². The number of halogens is 1. The first-order valence-corrected chi connectivity index (χ1v) is 10.7. The van der Waals surface area contributed by atoms with Gasteiger partial charge in [-0.2, -0.15) is 0 Å². The van der Waals surface area contributed by atoms with Gasteiger partial charge in [0, 0.05) is 37.1 Å². The number of carbonyl (C=O) groups excluding carboxylic acids is 2. The number of aryl methyl sites for hydroxylation is 1. The number of amides is 2. The van der Waals surface area contributed by atoms with Crippen molar-refractivity contribution in [1.29, 1.82) is 0 Å². The van der Waals surface area contributed by atoms with Crippen molar-refractivity contribution >= 4 is 23.4 Å². The van der Waals surface area contributed by atoms with E-state index in [-0.39, 0.29) is 30.3 Å². The van der Waals surface area contributed by atoms with Crippen LogP contribution in [0.4, 0.5) is 0 Å². The Morgan fingerprint density at radius 3 is 2.36 bits per heavy atom. The lowest BCUT2D eigenvalue weighted by Crippen LogP contribution is -2.45. The van der Waals surface area contributed by atoms with E-state index in [1.807, 2.05) is 28.9 Å². The van der Waals surface area contributed by atoms with Gasteiger partial charge in [0.15, 0.2) is 6.61 Å². The maximum atomic E-state index is 12.6. The van der Waals surface area contributed by atoms with Gasteiger partial charge >= 0.3 is 0 Å². The average molecular weight is 407 g/mol. The highest BCUT2D eigenvalue weighted by molar-refractivity contribution is 6.31. The second kappa shape index (κ2) is 9.17. The fourth-order valence-electron chi connectivity index (χ4n) is 4.05. The minimum Gasteiger partial charge on any atom is -0.483 e. The summed E-state index contributed by atoms with van der Waals surface area (Å²) in [4.78, 5) is 29.0. The van der Waals surface area contributed by atoms with Gasteiger partial charge in [-0.15, -0.1) is 0 Å². The normalized spacial score (nSPS) is 18.0. The van der Waals surface area contributed by atoms with Crippen LogP contribution in [0.15, 0.2) is 12.1 Å². The Labute approximate surface area is 173 Å². The molecule has 2 aliphatic rings. The zero-order valence-corrected chi connectivity index (χ0v) is 17.9. The summed E-state index contributed by atoms with van der Waals surface area (Å²) in [6, 6.07) is 3.84. The topological polar surface area (TPSA) is 49.9 Å². The van der Waals surface area contributed by atoms with Crippen LogP contribution >= 0.6 is 11.6 Å². The maximum absolute atomic E-state index is 12.6. The number of carbonyl (C=O) groups is 2. The Bertz CT molecular complexity index is 721. The predicted octanol–water partition coefficient (Wildman–Crippen LogP) is 4.01. The van der Waals surface area contributed by atoms with E-state index in [4.69, 9.17) is 16.3 Å². The smallest absolute Gasteiger partial charge is 0.260 e. The van der Waals surface area contributed by atoms with Crippen LogP contribution in [0.1, 0.15) is 56.6 Å². The molecule has 2 aliphatic heterocycles. The molecule has 2 saturated heterocycles. The van der Waals surface area contributed by atoms with Crippen LogP contribution in [0.3, 0.4) is 0 Å². The van der Waals surface area contributed by atoms with Crippen LogP contribution < -0.4 is 4.74 Å². The molecule has 28 heavy (non-hydrogen) atoms. The Morgan fingerprint density at radius 2 is 1.75 bits per heavy atom. The molecule has 0 saturated carbocycles.